The number of nitrogens with one attached hydrogen (secondary N) is 2. The Morgan fingerprint density at radius 3 is 2.52 bits per heavy atom. The number of ether oxygens (including phenoxy) is 2. The van der Waals surface area contributed by atoms with Crippen molar-refractivity contribution in [2.45, 2.75) is 26.8 Å². The molecule has 1 unspecified atom stereocenters. The number of guanidine groups is 1. The van der Waals surface area contributed by atoms with Crippen molar-refractivity contribution >= 4 is 17.7 Å². The Labute approximate surface area is 144 Å². The maximum absolute atomic E-state index is 5.69. The van der Waals surface area contributed by atoms with Crippen molar-refractivity contribution in [2.24, 2.45) is 4.99 Å². The predicted octanol–water partition coefficient (Wildman–Crippen LogP) is 3.07. The Morgan fingerprint density at radius 1 is 1.22 bits per heavy atom. The summed E-state index contributed by atoms with van der Waals surface area (Å²) in [4.78, 5) is 4.26. The largest absolute Gasteiger partial charge is 0.490 e. The van der Waals surface area contributed by atoms with Crippen molar-refractivity contribution in [3.8, 4) is 11.5 Å². The van der Waals surface area contributed by atoms with Gasteiger partial charge in [0.05, 0.1) is 19.3 Å². The molecule has 6 heteroatoms. The topological polar surface area (TPSA) is 54.9 Å². The van der Waals surface area contributed by atoms with E-state index in [0.29, 0.717) is 13.2 Å². The molecule has 0 bridgehead atoms. The third kappa shape index (κ3) is 6.60. The third-order valence-corrected chi connectivity index (χ3v) is 3.86. The maximum atomic E-state index is 5.69. The fraction of sp³-hybridized carbons (Fsp3) is 0.588. The van der Waals surface area contributed by atoms with Crippen LogP contribution in [0.1, 0.15) is 32.4 Å². The number of benzene rings is 1. The summed E-state index contributed by atoms with van der Waals surface area (Å²) < 4.78 is 11.3. The van der Waals surface area contributed by atoms with E-state index < -0.39 is 0 Å². The van der Waals surface area contributed by atoms with Gasteiger partial charge in [-0.2, -0.15) is 11.8 Å². The van der Waals surface area contributed by atoms with Crippen molar-refractivity contribution in [3.05, 3.63) is 23.8 Å². The fourth-order valence-electron chi connectivity index (χ4n) is 2.09. The van der Waals surface area contributed by atoms with Crippen LogP contribution in [-0.2, 0) is 0 Å². The van der Waals surface area contributed by atoms with E-state index in [2.05, 4.69) is 34.9 Å². The average molecular weight is 340 g/mol. The summed E-state index contributed by atoms with van der Waals surface area (Å²) in [6.07, 6.45) is 2.09. The molecule has 1 aromatic rings. The summed E-state index contributed by atoms with van der Waals surface area (Å²) in [5.41, 5.74) is 1.13. The van der Waals surface area contributed by atoms with Gasteiger partial charge in [0.25, 0.3) is 0 Å². The van der Waals surface area contributed by atoms with Crippen LogP contribution in [0.25, 0.3) is 0 Å². The molecule has 2 N–H and O–H groups in total. The predicted molar refractivity (Wildman–Crippen MR) is 100 cm³/mol. The van der Waals surface area contributed by atoms with E-state index in [4.69, 9.17) is 9.47 Å². The van der Waals surface area contributed by atoms with Gasteiger partial charge in [-0.15, -0.1) is 0 Å². The Kier molecular flexibility index (Phi) is 9.36. The zero-order valence-corrected chi connectivity index (χ0v) is 15.6. The molecule has 0 aliphatic heterocycles. The van der Waals surface area contributed by atoms with E-state index in [1.165, 1.54) is 0 Å². The maximum Gasteiger partial charge on any atom is 0.191 e. The van der Waals surface area contributed by atoms with Crippen LogP contribution in [0.15, 0.2) is 23.2 Å². The number of nitrogens with zero attached hydrogens (tertiary/aromatic N) is 1. The van der Waals surface area contributed by atoms with Crippen LogP contribution in [0.2, 0.25) is 0 Å². The van der Waals surface area contributed by atoms with Crippen molar-refractivity contribution in [2.75, 3.05) is 38.8 Å². The normalized spacial score (nSPS) is 12.7. The molecule has 1 atom stereocenters. The minimum atomic E-state index is 0.116. The van der Waals surface area contributed by atoms with Gasteiger partial charge >= 0.3 is 0 Å². The summed E-state index contributed by atoms with van der Waals surface area (Å²) in [6.45, 7) is 8.18. The van der Waals surface area contributed by atoms with Crippen LogP contribution < -0.4 is 20.1 Å². The second-order valence-corrected chi connectivity index (χ2v) is 5.92. The smallest absolute Gasteiger partial charge is 0.191 e. The van der Waals surface area contributed by atoms with E-state index in [-0.39, 0.29) is 6.04 Å². The first kappa shape index (κ1) is 19.5. The van der Waals surface area contributed by atoms with Gasteiger partial charge in [-0.1, -0.05) is 6.07 Å². The number of aliphatic imine (C=N–C) groups is 1. The fourth-order valence-corrected chi connectivity index (χ4v) is 2.40. The molecular formula is C17H29N3O2S. The van der Waals surface area contributed by atoms with Gasteiger partial charge in [0.15, 0.2) is 17.5 Å². The van der Waals surface area contributed by atoms with Crippen LogP contribution in [-0.4, -0.2) is 44.8 Å². The first-order chi connectivity index (χ1) is 11.2. The number of rotatable bonds is 9. The third-order valence-electron chi connectivity index (χ3n) is 3.24. The molecule has 0 aliphatic rings. The molecule has 0 aliphatic carbocycles. The number of hydrogen-bond donors (Lipinski definition) is 2. The van der Waals surface area contributed by atoms with E-state index >= 15 is 0 Å². The minimum absolute atomic E-state index is 0.116. The quantitative estimate of drug-likeness (QED) is 0.411. The van der Waals surface area contributed by atoms with Gasteiger partial charge in [-0.3, -0.25) is 4.99 Å². The van der Waals surface area contributed by atoms with Gasteiger partial charge in [0.1, 0.15) is 0 Å². The molecule has 0 amide bonds. The highest BCUT2D eigenvalue weighted by atomic mass is 32.2. The highest BCUT2D eigenvalue weighted by Gasteiger charge is 2.12. The number of hydrogen-bond acceptors (Lipinski definition) is 4. The Balaban J connectivity index is 2.77. The summed E-state index contributed by atoms with van der Waals surface area (Å²) in [5.74, 6) is 3.42. The van der Waals surface area contributed by atoms with Gasteiger partial charge < -0.3 is 20.1 Å². The standard InChI is InChI=1S/C17H29N3O2S/c1-6-21-15-9-8-14(12-16(15)22-7-2)13(3)20-17(18-4)19-10-11-23-5/h8-9,12-13H,6-7,10-11H2,1-5H3,(H2,18,19,20). The summed E-state index contributed by atoms with van der Waals surface area (Å²) >= 11 is 1.81. The lowest BCUT2D eigenvalue weighted by atomic mass is 10.1. The van der Waals surface area contributed by atoms with E-state index in [0.717, 1.165) is 35.3 Å². The lowest BCUT2D eigenvalue weighted by Crippen LogP contribution is -2.39. The molecule has 0 saturated carbocycles. The molecule has 130 valence electrons. The molecular weight excluding hydrogens is 310 g/mol. The lowest BCUT2D eigenvalue weighted by Gasteiger charge is -2.20. The van der Waals surface area contributed by atoms with Crippen LogP contribution in [0, 0.1) is 0 Å². The highest BCUT2D eigenvalue weighted by molar-refractivity contribution is 7.98. The number of thioether (sulfide) groups is 1. The molecule has 23 heavy (non-hydrogen) atoms. The lowest BCUT2D eigenvalue weighted by molar-refractivity contribution is 0.287. The summed E-state index contributed by atoms with van der Waals surface area (Å²) in [7, 11) is 1.78. The Hall–Kier alpha value is -1.56. The zero-order chi connectivity index (χ0) is 17.1. The second kappa shape index (κ2) is 11.0. The van der Waals surface area contributed by atoms with Gasteiger partial charge in [0, 0.05) is 19.3 Å². The van der Waals surface area contributed by atoms with Crippen molar-refractivity contribution in [1.82, 2.24) is 10.6 Å². The molecule has 0 radical (unpaired) electrons. The highest BCUT2D eigenvalue weighted by Crippen LogP contribution is 2.30. The molecule has 1 aromatic carbocycles. The van der Waals surface area contributed by atoms with Crippen molar-refractivity contribution < 1.29 is 9.47 Å². The monoisotopic (exact) mass is 339 g/mol. The van der Waals surface area contributed by atoms with E-state index in [9.17, 15) is 0 Å². The van der Waals surface area contributed by atoms with Gasteiger partial charge in [-0.05, 0) is 44.7 Å². The first-order valence-electron chi connectivity index (χ1n) is 8.01. The Morgan fingerprint density at radius 2 is 1.91 bits per heavy atom. The molecule has 0 saturated heterocycles. The van der Waals surface area contributed by atoms with Crippen LogP contribution in [0.4, 0.5) is 0 Å². The molecule has 1 rings (SSSR count). The zero-order valence-electron chi connectivity index (χ0n) is 14.8. The second-order valence-electron chi connectivity index (χ2n) is 4.93. The molecule has 0 fully saturated rings. The molecule has 0 aromatic heterocycles. The molecule has 0 heterocycles. The SMILES string of the molecule is CCOc1ccc(C(C)NC(=NC)NCCSC)cc1OCC. The molecule has 5 nitrogen and oxygen atoms in total. The Bertz CT molecular complexity index is 495. The van der Waals surface area contributed by atoms with Crippen molar-refractivity contribution in [1.29, 1.82) is 0 Å². The van der Waals surface area contributed by atoms with Crippen molar-refractivity contribution in [3.63, 3.8) is 0 Å². The summed E-state index contributed by atoms with van der Waals surface area (Å²) in [5, 5.41) is 6.70. The minimum Gasteiger partial charge on any atom is -0.490 e. The molecule has 0 spiro atoms. The van der Waals surface area contributed by atoms with Gasteiger partial charge in [0.2, 0.25) is 0 Å². The van der Waals surface area contributed by atoms with E-state index in [1.807, 2.05) is 37.7 Å². The first-order valence-corrected chi connectivity index (χ1v) is 9.41. The average Bonchev–Trinajstić information content (AvgIpc) is 2.56. The van der Waals surface area contributed by atoms with Crippen LogP contribution in [0.3, 0.4) is 0 Å². The van der Waals surface area contributed by atoms with Gasteiger partial charge in [-0.25, -0.2) is 0 Å². The summed E-state index contributed by atoms with van der Waals surface area (Å²) in [6, 6.07) is 6.17. The van der Waals surface area contributed by atoms with E-state index in [1.54, 1.807) is 7.05 Å². The van der Waals surface area contributed by atoms with Crippen LogP contribution in [0.5, 0.6) is 11.5 Å². The van der Waals surface area contributed by atoms with Crippen LogP contribution >= 0.6 is 11.8 Å².